The van der Waals surface area contributed by atoms with Crippen LogP contribution in [0.5, 0.6) is 0 Å². The molecule has 0 saturated heterocycles. The maximum Gasteiger partial charge on any atom is 0.472 e. The number of carbonyl (C=O) groups excluding carboxylic acids is 4. The van der Waals surface area contributed by atoms with Crippen molar-refractivity contribution in [3.63, 3.8) is 0 Å². The van der Waals surface area contributed by atoms with Gasteiger partial charge in [0.25, 0.3) is 0 Å². The van der Waals surface area contributed by atoms with Crippen LogP contribution in [-0.4, -0.2) is 96.7 Å². The third kappa shape index (κ3) is 78.2. The molecule has 2 unspecified atom stereocenters. The van der Waals surface area contributed by atoms with Crippen molar-refractivity contribution in [2.45, 2.75) is 471 Å². The summed E-state index contributed by atoms with van der Waals surface area (Å²) in [5.74, 6) is -0.617. The second kappa shape index (κ2) is 76.4. The number of esters is 4. The van der Waals surface area contributed by atoms with Crippen molar-refractivity contribution in [3.05, 3.63) is 0 Å². The van der Waals surface area contributed by atoms with E-state index in [9.17, 15) is 43.2 Å². The number of phosphoric acid groups is 2. The van der Waals surface area contributed by atoms with Crippen molar-refractivity contribution in [2.24, 2.45) is 11.8 Å². The average Bonchev–Trinajstić information content (AvgIpc) is 0.904. The molecule has 19 heteroatoms. The zero-order valence-electron chi connectivity index (χ0n) is 68.3. The van der Waals surface area contributed by atoms with Crippen molar-refractivity contribution in [1.82, 2.24) is 0 Å². The second-order valence-electron chi connectivity index (χ2n) is 31.5. The fraction of sp³-hybridized carbons (Fsp3) is 0.953. The molecule has 0 heterocycles. The largest absolute Gasteiger partial charge is 0.472 e. The highest BCUT2D eigenvalue weighted by Crippen LogP contribution is 2.45. The molecule has 104 heavy (non-hydrogen) atoms. The summed E-state index contributed by atoms with van der Waals surface area (Å²) >= 11 is 0. The minimum atomic E-state index is -4.96. The van der Waals surface area contributed by atoms with Gasteiger partial charge < -0.3 is 33.8 Å². The number of hydrogen-bond acceptors (Lipinski definition) is 15. The molecule has 0 bridgehead atoms. The fourth-order valence-corrected chi connectivity index (χ4v) is 14.8. The van der Waals surface area contributed by atoms with Crippen LogP contribution in [0.15, 0.2) is 0 Å². The summed E-state index contributed by atoms with van der Waals surface area (Å²) in [7, 11) is -9.93. The summed E-state index contributed by atoms with van der Waals surface area (Å²) in [5.41, 5.74) is 0. The Morgan fingerprint density at radius 2 is 0.442 bits per heavy atom. The van der Waals surface area contributed by atoms with E-state index in [0.717, 1.165) is 102 Å². The van der Waals surface area contributed by atoms with Gasteiger partial charge in [0.2, 0.25) is 0 Å². The lowest BCUT2D eigenvalue weighted by atomic mass is 10.0. The van der Waals surface area contributed by atoms with E-state index < -0.39 is 97.5 Å². The van der Waals surface area contributed by atoms with Gasteiger partial charge in [-0.2, -0.15) is 0 Å². The number of phosphoric ester groups is 2. The van der Waals surface area contributed by atoms with E-state index in [2.05, 4.69) is 41.5 Å². The Labute approximate surface area is 638 Å². The van der Waals surface area contributed by atoms with Crippen molar-refractivity contribution >= 4 is 39.5 Å². The molecule has 0 amide bonds. The summed E-state index contributed by atoms with van der Waals surface area (Å²) < 4.78 is 68.8. The Kier molecular flexibility index (Phi) is 75.0. The maximum atomic E-state index is 13.1. The van der Waals surface area contributed by atoms with Crippen LogP contribution in [-0.2, 0) is 65.4 Å². The number of hydrogen-bond donors (Lipinski definition) is 3. The lowest BCUT2D eigenvalue weighted by Gasteiger charge is -2.21. The standard InChI is InChI=1S/C85H166O17P2/c1-7-9-11-13-15-17-19-21-23-25-27-32-36-40-44-48-55-61-67-82(87)95-73-80(101-84(89)69-63-58-50-46-42-38-34-30-29-31-35-39-43-47-53-59-65-77(3)4)75-99-103(91,92)97-71-79(86)72-98-104(93,94)100-76-81(74-96-83(88)68-62-56-52-51-54-60-66-78(5)6)102-85(90)70-64-57-49-45-41-37-33-28-26-24-22-20-18-16-14-12-10-8-2/h77-81,86H,7-76H2,1-6H3,(H,91,92)(H,93,94)/t79-,80-,81-/m1/s1. The second-order valence-corrected chi connectivity index (χ2v) is 34.4. The summed E-state index contributed by atoms with van der Waals surface area (Å²) in [5, 5.41) is 10.7. The minimum absolute atomic E-state index is 0.108. The van der Waals surface area contributed by atoms with Gasteiger partial charge >= 0.3 is 39.5 Å². The van der Waals surface area contributed by atoms with E-state index in [4.69, 9.17) is 37.0 Å². The van der Waals surface area contributed by atoms with E-state index in [-0.39, 0.29) is 25.7 Å². The molecule has 0 spiro atoms. The van der Waals surface area contributed by atoms with Gasteiger partial charge in [-0.05, 0) is 37.5 Å². The monoisotopic (exact) mass is 1520 g/mol. The first kappa shape index (κ1) is 102. The molecule has 0 aromatic rings. The highest BCUT2D eigenvalue weighted by Gasteiger charge is 2.30. The van der Waals surface area contributed by atoms with Crippen LogP contribution < -0.4 is 0 Å². The molecule has 618 valence electrons. The normalized spacial score (nSPS) is 13.8. The van der Waals surface area contributed by atoms with Gasteiger partial charge in [0, 0.05) is 25.7 Å². The Balaban J connectivity index is 5.21. The van der Waals surface area contributed by atoms with Crippen LogP contribution in [0.4, 0.5) is 0 Å². The van der Waals surface area contributed by atoms with E-state index in [1.807, 2.05) is 0 Å². The summed E-state index contributed by atoms with van der Waals surface area (Å²) in [6.45, 7) is 9.62. The molecular weight excluding hydrogens is 1350 g/mol. The molecule has 0 aromatic carbocycles. The predicted octanol–water partition coefficient (Wildman–Crippen LogP) is 25.8. The SMILES string of the molecule is CCCCCCCCCCCCCCCCCCCCC(=O)OC[C@H](COP(=O)(O)OC[C@@H](O)COP(=O)(O)OC[C@@H](COC(=O)CCCCCCCCC(C)C)OC(=O)CCCCCCCCCCCCCCCCCCCC)OC(=O)CCCCCCCCCCCCCCCCCCC(C)C. The molecule has 0 fully saturated rings. The van der Waals surface area contributed by atoms with Crippen LogP contribution in [0.2, 0.25) is 0 Å². The van der Waals surface area contributed by atoms with Crippen LogP contribution >= 0.6 is 15.6 Å². The van der Waals surface area contributed by atoms with Crippen LogP contribution in [0, 0.1) is 11.8 Å². The van der Waals surface area contributed by atoms with E-state index >= 15 is 0 Å². The lowest BCUT2D eigenvalue weighted by Crippen LogP contribution is -2.30. The fourth-order valence-electron chi connectivity index (χ4n) is 13.2. The first-order chi connectivity index (χ1) is 50.4. The smallest absolute Gasteiger partial charge is 0.462 e. The molecule has 0 saturated carbocycles. The molecule has 0 aromatic heterocycles. The van der Waals surface area contributed by atoms with Gasteiger partial charge in [-0.25, -0.2) is 9.13 Å². The predicted molar refractivity (Wildman–Crippen MR) is 428 cm³/mol. The number of aliphatic hydroxyl groups excluding tert-OH is 1. The highest BCUT2D eigenvalue weighted by atomic mass is 31.2. The first-order valence-electron chi connectivity index (χ1n) is 44.0. The lowest BCUT2D eigenvalue weighted by molar-refractivity contribution is -0.161. The molecule has 0 aliphatic carbocycles. The summed E-state index contributed by atoms with van der Waals surface area (Å²) in [6.07, 6.45) is 68.2. The molecule has 0 rings (SSSR count). The van der Waals surface area contributed by atoms with Gasteiger partial charge in [-0.15, -0.1) is 0 Å². The molecule has 17 nitrogen and oxygen atoms in total. The van der Waals surface area contributed by atoms with Crippen molar-refractivity contribution in [2.75, 3.05) is 39.6 Å². The Bertz CT molecular complexity index is 1990. The average molecular weight is 1520 g/mol. The summed E-state index contributed by atoms with van der Waals surface area (Å²) in [6, 6.07) is 0. The van der Waals surface area contributed by atoms with E-state index in [0.29, 0.717) is 31.6 Å². The van der Waals surface area contributed by atoms with Gasteiger partial charge in [-0.1, -0.05) is 401 Å². The zero-order chi connectivity index (χ0) is 76.4. The maximum absolute atomic E-state index is 13.1. The first-order valence-corrected chi connectivity index (χ1v) is 47.0. The molecule has 0 aliphatic rings. The number of aliphatic hydroxyl groups is 1. The number of ether oxygens (including phenoxy) is 4. The van der Waals surface area contributed by atoms with E-state index in [1.54, 1.807) is 0 Å². The third-order valence-electron chi connectivity index (χ3n) is 20.0. The van der Waals surface area contributed by atoms with Gasteiger partial charge in [0.05, 0.1) is 26.4 Å². The molecule has 3 N–H and O–H groups in total. The molecule has 0 radical (unpaired) electrons. The van der Waals surface area contributed by atoms with Crippen LogP contribution in [0.1, 0.15) is 452 Å². The van der Waals surface area contributed by atoms with Crippen LogP contribution in [0.3, 0.4) is 0 Å². The minimum Gasteiger partial charge on any atom is -0.462 e. The van der Waals surface area contributed by atoms with E-state index in [1.165, 1.54) is 263 Å². The Morgan fingerprint density at radius 1 is 0.260 bits per heavy atom. The van der Waals surface area contributed by atoms with Gasteiger partial charge in [-0.3, -0.25) is 37.3 Å². The molecular formula is C85H166O17P2. The zero-order valence-corrected chi connectivity index (χ0v) is 70.1. The quantitative estimate of drug-likeness (QED) is 0.0222. The van der Waals surface area contributed by atoms with Crippen LogP contribution in [0.25, 0.3) is 0 Å². The van der Waals surface area contributed by atoms with Crippen molar-refractivity contribution < 1.29 is 80.2 Å². The Morgan fingerprint density at radius 3 is 0.654 bits per heavy atom. The topological polar surface area (TPSA) is 237 Å². The number of carbonyl (C=O) groups is 4. The number of unbranched alkanes of at least 4 members (excludes halogenated alkanes) is 54. The third-order valence-corrected chi connectivity index (χ3v) is 21.9. The highest BCUT2D eigenvalue weighted by molar-refractivity contribution is 7.47. The van der Waals surface area contributed by atoms with Gasteiger partial charge in [0.1, 0.15) is 19.3 Å². The number of rotatable bonds is 84. The van der Waals surface area contributed by atoms with Crippen molar-refractivity contribution in [1.29, 1.82) is 0 Å². The molecule has 0 aliphatic heterocycles. The summed E-state index contributed by atoms with van der Waals surface area (Å²) in [4.78, 5) is 73.1. The Hall–Kier alpha value is -1.94. The van der Waals surface area contributed by atoms with Crippen molar-refractivity contribution in [3.8, 4) is 0 Å². The van der Waals surface area contributed by atoms with Gasteiger partial charge in [0.15, 0.2) is 12.2 Å². The molecule has 5 atom stereocenters.